The van der Waals surface area contributed by atoms with E-state index in [1.54, 1.807) is 26.0 Å². The van der Waals surface area contributed by atoms with Crippen LogP contribution in [0.2, 0.25) is 0 Å². The average molecular weight is 259 g/mol. The highest BCUT2D eigenvalue weighted by Gasteiger charge is 2.08. The maximum absolute atomic E-state index is 11.9. The molecule has 0 saturated carbocycles. The molecule has 0 radical (unpaired) electrons. The molecule has 0 spiro atoms. The Morgan fingerprint density at radius 1 is 1.32 bits per heavy atom. The fourth-order valence-electron chi connectivity index (χ4n) is 1.81. The van der Waals surface area contributed by atoms with Crippen molar-refractivity contribution in [3.8, 4) is 0 Å². The van der Waals surface area contributed by atoms with Crippen LogP contribution < -0.4 is 5.56 Å². The molecule has 0 amide bonds. The van der Waals surface area contributed by atoms with Crippen LogP contribution in [0.25, 0.3) is 0 Å². The first-order valence-corrected chi connectivity index (χ1v) is 5.71. The zero-order valence-electron chi connectivity index (χ0n) is 10.6. The first-order valence-electron chi connectivity index (χ1n) is 5.71. The lowest BCUT2D eigenvalue weighted by molar-refractivity contribution is 0.0690. The molecule has 98 valence electrons. The van der Waals surface area contributed by atoms with E-state index in [-0.39, 0.29) is 17.8 Å². The molecule has 0 aliphatic heterocycles. The van der Waals surface area contributed by atoms with Crippen molar-refractivity contribution in [1.29, 1.82) is 0 Å². The van der Waals surface area contributed by atoms with Gasteiger partial charge in [-0.15, -0.1) is 0 Å². The molecule has 2 aromatic heterocycles. The number of carboxylic acid groups (broad SMARTS) is 1. The molecule has 0 aromatic carbocycles. The predicted molar refractivity (Wildman–Crippen MR) is 68.3 cm³/mol. The summed E-state index contributed by atoms with van der Waals surface area (Å²) in [5.41, 5.74) is 0.956. The Morgan fingerprint density at radius 3 is 2.68 bits per heavy atom. The summed E-state index contributed by atoms with van der Waals surface area (Å²) in [7, 11) is 0. The number of aromatic carboxylic acids is 1. The standard InChI is InChI=1S/C13H13N3O3/c1-8-6-12(17)16(9(2)14-8)7-10-4-3-5-11(15-10)13(18)19/h3-6H,7H2,1-2H3,(H,18,19). The average Bonchev–Trinajstić information content (AvgIpc) is 2.34. The van der Waals surface area contributed by atoms with E-state index in [0.717, 1.165) is 0 Å². The summed E-state index contributed by atoms with van der Waals surface area (Å²) in [6.45, 7) is 3.69. The van der Waals surface area contributed by atoms with Gasteiger partial charge in [-0.3, -0.25) is 9.36 Å². The van der Waals surface area contributed by atoms with Gasteiger partial charge >= 0.3 is 5.97 Å². The third-order valence-electron chi connectivity index (χ3n) is 2.67. The lowest BCUT2D eigenvalue weighted by Crippen LogP contribution is -2.24. The number of nitrogens with zero attached hydrogens (tertiary/aromatic N) is 3. The SMILES string of the molecule is Cc1cc(=O)n(Cc2cccc(C(=O)O)n2)c(C)n1. The molecule has 19 heavy (non-hydrogen) atoms. The van der Waals surface area contributed by atoms with Crippen molar-refractivity contribution < 1.29 is 9.90 Å². The number of carbonyl (C=O) groups is 1. The minimum atomic E-state index is -1.09. The van der Waals surface area contributed by atoms with E-state index in [0.29, 0.717) is 17.2 Å². The molecule has 0 unspecified atom stereocenters. The van der Waals surface area contributed by atoms with Crippen molar-refractivity contribution in [1.82, 2.24) is 14.5 Å². The molecule has 2 aromatic rings. The Labute approximate surface area is 109 Å². The minimum Gasteiger partial charge on any atom is -0.477 e. The number of aryl methyl sites for hydroxylation is 2. The summed E-state index contributed by atoms with van der Waals surface area (Å²) in [6, 6.07) is 6.13. The highest BCUT2D eigenvalue weighted by molar-refractivity contribution is 5.85. The molecular formula is C13H13N3O3. The molecule has 0 aliphatic rings. The second-order valence-corrected chi connectivity index (χ2v) is 4.19. The first kappa shape index (κ1) is 12.9. The summed E-state index contributed by atoms with van der Waals surface area (Å²) in [5.74, 6) is -0.513. The van der Waals surface area contributed by atoms with Gasteiger partial charge in [0.05, 0.1) is 12.2 Å². The molecule has 0 saturated heterocycles. The Balaban J connectivity index is 2.39. The number of pyridine rings is 1. The Kier molecular flexibility index (Phi) is 3.41. The van der Waals surface area contributed by atoms with E-state index in [9.17, 15) is 9.59 Å². The van der Waals surface area contributed by atoms with E-state index in [1.807, 2.05) is 0 Å². The number of carboxylic acids is 1. The van der Waals surface area contributed by atoms with Crippen LogP contribution in [0.15, 0.2) is 29.1 Å². The summed E-state index contributed by atoms with van der Waals surface area (Å²) in [6.07, 6.45) is 0. The summed E-state index contributed by atoms with van der Waals surface area (Å²) >= 11 is 0. The summed E-state index contributed by atoms with van der Waals surface area (Å²) in [4.78, 5) is 30.9. The Morgan fingerprint density at radius 2 is 2.05 bits per heavy atom. The molecule has 0 bridgehead atoms. The number of hydrogen-bond donors (Lipinski definition) is 1. The van der Waals surface area contributed by atoms with Gasteiger partial charge in [-0.05, 0) is 26.0 Å². The van der Waals surface area contributed by atoms with Crippen molar-refractivity contribution in [3.05, 3.63) is 57.5 Å². The van der Waals surface area contributed by atoms with Gasteiger partial charge in [0.15, 0.2) is 0 Å². The van der Waals surface area contributed by atoms with Gasteiger partial charge in [0.1, 0.15) is 11.5 Å². The van der Waals surface area contributed by atoms with E-state index in [2.05, 4.69) is 9.97 Å². The molecule has 1 N–H and O–H groups in total. The molecule has 0 fully saturated rings. The zero-order valence-corrected chi connectivity index (χ0v) is 10.6. The second kappa shape index (κ2) is 5.01. The number of rotatable bonds is 3. The quantitative estimate of drug-likeness (QED) is 0.888. The van der Waals surface area contributed by atoms with Crippen LogP contribution in [0.5, 0.6) is 0 Å². The topological polar surface area (TPSA) is 85.1 Å². The van der Waals surface area contributed by atoms with Gasteiger partial charge in [-0.25, -0.2) is 14.8 Å². The Hall–Kier alpha value is -2.50. The van der Waals surface area contributed by atoms with Crippen LogP contribution in [0.4, 0.5) is 0 Å². The number of aromatic nitrogens is 3. The molecular weight excluding hydrogens is 246 g/mol. The van der Waals surface area contributed by atoms with Gasteiger partial charge in [-0.1, -0.05) is 6.07 Å². The minimum absolute atomic E-state index is 0.0386. The third kappa shape index (κ3) is 2.85. The van der Waals surface area contributed by atoms with Crippen molar-refractivity contribution in [2.24, 2.45) is 0 Å². The smallest absolute Gasteiger partial charge is 0.354 e. The van der Waals surface area contributed by atoms with E-state index >= 15 is 0 Å². The number of hydrogen-bond acceptors (Lipinski definition) is 4. The van der Waals surface area contributed by atoms with Gasteiger partial charge < -0.3 is 5.11 Å². The van der Waals surface area contributed by atoms with Crippen LogP contribution in [-0.2, 0) is 6.54 Å². The van der Waals surface area contributed by atoms with Crippen molar-refractivity contribution in [2.45, 2.75) is 20.4 Å². The third-order valence-corrected chi connectivity index (χ3v) is 2.67. The highest BCUT2D eigenvalue weighted by atomic mass is 16.4. The Bertz CT molecular complexity index is 692. The van der Waals surface area contributed by atoms with Crippen molar-refractivity contribution in [3.63, 3.8) is 0 Å². The lowest BCUT2D eigenvalue weighted by atomic mass is 10.3. The van der Waals surface area contributed by atoms with E-state index in [4.69, 9.17) is 5.11 Å². The van der Waals surface area contributed by atoms with E-state index < -0.39 is 5.97 Å². The second-order valence-electron chi connectivity index (χ2n) is 4.19. The fourth-order valence-corrected chi connectivity index (χ4v) is 1.81. The van der Waals surface area contributed by atoms with Crippen LogP contribution >= 0.6 is 0 Å². The maximum atomic E-state index is 11.9. The van der Waals surface area contributed by atoms with Crippen LogP contribution in [0, 0.1) is 13.8 Å². The van der Waals surface area contributed by atoms with Gasteiger partial charge in [-0.2, -0.15) is 0 Å². The largest absolute Gasteiger partial charge is 0.477 e. The molecule has 2 rings (SSSR count). The molecule has 6 heteroatoms. The van der Waals surface area contributed by atoms with Crippen LogP contribution in [-0.4, -0.2) is 25.6 Å². The predicted octanol–water partition coefficient (Wildman–Crippen LogP) is 1.00. The monoisotopic (exact) mass is 259 g/mol. The molecule has 0 aliphatic carbocycles. The molecule has 6 nitrogen and oxygen atoms in total. The lowest BCUT2D eigenvalue weighted by Gasteiger charge is -2.09. The van der Waals surface area contributed by atoms with Crippen LogP contribution in [0.1, 0.15) is 27.7 Å². The highest BCUT2D eigenvalue weighted by Crippen LogP contribution is 2.03. The van der Waals surface area contributed by atoms with Crippen molar-refractivity contribution in [2.75, 3.05) is 0 Å². The first-order chi connectivity index (χ1) is 8.97. The van der Waals surface area contributed by atoms with Crippen LogP contribution in [0.3, 0.4) is 0 Å². The fraction of sp³-hybridized carbons (Fsp3) is 0.231. The normalized spacial score (nSPS) is 10.4. The van der Waals surface area contributed by atoms with Gasteiger partial charge in [0.25, 0.3) is 5.56 Å². The summed E-state index contributed by atoms with van der Waals surface area (Å²) < 4.78 is 1.46. The van der Waals surface area contributed by atoms with Gasteiger partial charge in [0.2, 0.25) is 0 Å². The van der Waals surface area contributed by atoms with E-state index in [1.165, 1.54) is 16.7 Å². The van der Waals surface area contributed by atoms with Crippen molar-refractivity contribution >= 4 is 5.97 Å². The molecule has 0 atom stereocenters. The van der Waals surface area contributed by atoms with Gasteiger partial charge in [0, 0.05) is 11.8 Å². The molecule has 2 heterocycles. The summed E-state index contributed by atoms with van der Waals surface area (Å²) in [5, 5.41) is 8.88. The zero-order chi connectivity index (χ0) is 14.0. The maximum Gasteiger partial charge on any atom is 0.354 e.